The smallest absolute Gasteiger partial charge is 0.328 e. The molecule has 32 heavy (non-hydrogen) atoms. The molecule has 1 fully saturated rings. The van der Waals surface area contributed by atoms with Gasteiger partial charge < -0.3 is 20.1 Å². The van der Waals surface area contributed by atoms with E-state index >= 15 is 0 Å². The first kappa shape index (κ1) is 21.5. The molecule has 1 aliphatic heterocycles. The number of ether oxygens (including phenoxy) is 1. The third kappa shape index (κ3) is 5.31. The molecule has 0 saturated carbocycles. The normalized spacial score (nSPS) is 14.0. The molecule has 0 unspecified atom stereocenters. The lowest BCUT2D eigenvalue weighted by atomic mass is 10.0. The SMILES string of the molecule is Cc1cc(C)cc(Nc2ncc(-c3cccc(C=CC(=O)O)c3)c(N3CCOCC3)n2)c1. The van der Waals surface area contributed by atoms with Crippen LogP contribution in [0.15, 0.2) is 54.7 Å². The molecule has 0 spiro atoms. The second kappa shape index (κ2) is 9.62. The summed E-state index contributed by atoms with van der Waals surface area (Å²) in [5.74, 6) is 0.381. The van der Waals surface area contributed by atoms with Gasteiger partial charge in [0.2, 0.25) is 5.95 Å². The number of carboxylic acids is 1. The summed E-state index contributed by atoms with van der Waals surface area (Å²) in [6, 6.07) is 14.0. The number of nitrogens with one attached hydrogen (secondary N) is 1. The van der Waals surface area contributed by atoms with Crippen LogP contribution in [0.25, 0.3) is 17.2 Å². The van der Waals surface area contributed by atoms with E-state index in [0.717, 1.165) is 47.4 Å². The Morgan fingerprint density at radius 2 is 1.88 bits per heavy atom. The number of rotatable bonds is 6. The summed E-state index contributed by atoms with van der Waals surface area (Å²) in [5.41, 5.74) is 5.91. The van der Waals surface area contributed by atoms with Gasteiger partial charge in [-0.25, -0.2) is 9.78 Å². The molecule has 1 aliphatic rings. The van der Waals surface area contributed by atoms with Crippen molar-refractivity contribution in [1.29, 1.82) is 0 Å². The van der Waals surface area contributed by atoms with Gasteiger partial charge in [0.15, 0.2) is 0 Å². The van der Waals surface area contributed by atoms with E-state index in [0.29, 0.717) is 19.2 Å². The number of morpholine rings is 1. The molecule has 0 radical (unpaired) electrons. The van der Waals surface area contributed by atoms with E-state index in [1.807, 2.05) is 30.5 Å². The first-order valence-electron chi connectivity index (χ1n) is 10.5. The highest BCUT2D eigenvalue weighted by Gasteiger charge is 2.19. The van der Waals surface area contributed by atoms with Crippen molar-refractivity contribution in [2.75, 3.05) is 36.5 Å². The van der Waals surface area contributed by atoms with Crippen LogP contribution < -0.4 is 10.2 Å². The van der Waals surface area contributed by atoms with Gasteiger partial charge in [0.25, 0.3) is 0 Å². The number of aliphatic carboxylic acids is 1. The fourth-order valence-corrected chi connectivity index (χ4v) is 3.81. The Balaban J connectivity index is 1.72. The van der Waals surface area contributed by atoms with Crippen LogP contribution in [0.3, 0.4) is 0 Å². The Labute approximate surface area is 187 Å². The van der Waals surface area contributed by atoms with Crippen LogP contribution in [0.5, 0.6) is 0 Å². The molecule has 1 saturated heterocycles. The molecular weight excluding hydrogens is 404 g/mol. The highest BCUT2D eigenvalue weighted by atomic mass is 16.5. The van der Waals surface area contributed by atoms with Crippen molar-refractivity contribution in [3.05, 3.63) is 71.4 Å². The number of benzene rings is 2. The van der Waals surface area contributed by atoms with Gasteiger partial charge in [-0.2, -0.15) is 4.98 Å². The summed E-state index contributed by atoms with van der Waals surface area (Å²) >= 11 is 0. The Kier molecular flexibility index (Phi) is 6.47. The fourth-order valence-electron chi connectivity index (χ4n) is 3.81. The van der Waals surface area contributed by atoms with Gasteiger partial charge in [0.05, 0.1) is 13.2 Å². The van der Waals surface area contributed by atoms with E-state index in [1.54, 1.807) is 6.08 Å². The maximum atomic E-state index is 10.9. The summed E-state index contributed by atoms with van der Waals surface area (Å²) in [5, 5.41) is 12.3. The molecule has 164 valence electrons. The molecule has 7 nitrogen and oxygen atoms in total. The summed E-state index contributed by atoms with van der Waals surface area (Å²) in [7, 11) is 0. The first-order valence-corrected chi connectivity index (χ1v) is 10.5. The predicted octanol–water partition coefficient (Wildman–Crippen LogP) is 4.44. The van der Waals surface area contributed by atoms with E-state index in [2.05, 4.69) is 47.2 Å². The van der Waals surface area contributed by atoms with E-state index in [1.165, 1.54) is 11.1 Å². The average molecular weight is 431 g/mol. The van der Waals surface area contributed by atoms with Gasteiger partial charge in [-0.1, -0.05) is 24.3 Å². The number of anilines is 3. The van der Waals surface area contributed by atoms with Crippen molar-refractivity contribution < 1.29 is 14.6 Å². The second-order valence-corrected chi connectivity index (χ2v) is 7.83. The maximum Gasteiger partial charge on any atom is 0.328 e. The minimum atomic E-state index is -0.977. The van der Waals surface area contributed by atoms with Crippen molar-refractivity contribution in [3.63, 3.8) is 0 Å². The van der Waals surface area contributed by atoms with E-state index in [9.17, 15) is 4.79 Å². The highest BCUT2D eigenvalue weighted by molar-refractivity contribution is 5.86. The van der Waals surface area contributed by atoms with Crippen molar-refractivity contribution in [3.8, 4) is 11.1 Å². The zero-order chi connectivity index (χ0) is 22.5. The molecule has 7 heteroatoms. The summed E-state index contributed by atoms with van der Waals surface area (Å²) in [6.45, 7) is 6.90. The molecule has 2 heterocycles. The van der Waals surface area contributed by atoms with Crippen molar-refractivity contribution in [2.24, 2.45) is 0 Å². The van der Waals surface area contributed by atoms with Gasteiger partial charge in [0, 0.05) is 36.6 Å². The molecular formula is C25H26N4O3. The van der Waals surface area contributed by atoms with Crippen molar-refractivity contribution in [1.82, 2.24) is 9.97 Å². The number of aromatic nitrogens is 2. The summed E-state index contributed by atoms with van der Waals surface area (Å²) in [4.78, 5) is 22.5. The molecule has 0 bridgehead atoms. The Bertz CT molecular complexity index is 1130. The van der Waals surface area contributed by atoms with Crippen LogP contribution in [0.2, 0.25) is 0 Å². The third-order valence-corrected chi connectivity index (χ3v) is 5.17. The van der Waals surface area contributed by atoms with E-state index < -0.39 is 5.97 Å². The molecule has 1 aromatic heterocycles. The molecule has 4 rings (SSSR count). The van der Waals surface area contributed by atoms with Crippen LogP contribution in [-0.4, -0.2) is 47.3 Å². The highest BCUT2D eigenvalue weighted by Crippen LogP contribution is 2.31. The number of carboxylic acid groups (broad SMARTS) is 1. The average Bonchev–Trinajstić information content (AvgIpc) is 2.78. The van der Waals surface area contributed by atoms with Gasteiger partial charge in [-0.15, -0.1) is 0 Å². The van der Waals surface area contributed by atoms with Crippen LogP contribution in [-0.2, 0) is 9.53 Å². The van der Waals surface area contributed by atoms with Crippen LogP contribution in [0.1, 0.15) is 16.7 Å². The summed E-state index contributed by atoms with van der Waals surface area (Å²) in [6.07, 6.45) is 4.54. The molecule has 3 aromatic rings. The summed E-state index contributed by atoms with van der Waals surface area (Å²) < 4.78 is 5.53. The lowest BCUT2D eigenvalue weighted by molar-refractivity contribution is -0.131. The molecule has 2 aromatic carbocycles. The number of carbonyl (C=O) groups is 1. The van der Waals surface area contributed by atoms with E-state index in [4.69, 9.17) is 14.8 Å². The van der Waals surface area contributed by atoms with Gasteiger partial charge >= 0.3 is 5.97 Å². The second-order valence-electron chi connectivity index (χ2n) is 7.83. The zero-order valence-corrected chi connectivity index (χ0v) is 18.2. The third-order valence-electron chi connectivity index (χ3n) is 5.17. The lowest BCUT2D eigenvalue weighted by Crippen LogP contribution is -2.37. The lowest BCUT2D eigenvalue weighted by Gasteiger charge is -2.29. The Hall–Kier alpha value is -3.71. The number of hydrogen-bond donors (Lipinski definition) is 2. The molecule has 0 aliphatic carbocycles. The quantitative estimate of drug-likeness (QED) is 0.559. The van der Waals surface area contributed by atoms with Gasteiger partial charge in [0.1, 0.15) is 5.82 Å². The van der Waals surface area contributed by atoms with Gasteiger partial charge in [-0.3, -0.25) is 0 Å². The molecule has 0 atom stereocenters. The minimum Gasteiger partial charge on any atom is -0.478 e. The monoisotopic (exact) mass is 430 g/mol. The van der Waals surface area contributed by atoms with Crippen LogP contribution >= 0.6 is 0 Å². The standard InChI is InChI=1S/C25H26N4O3/c1-17-12-18(2)14-21(13-17)27-25-26-16-22(24(28-25)29-8-10-32-11-9-29)20-5-3-4-19(15-20)6-7-23(30)31/h3-7,12-16H,8-11H2,1-2H3,(H,30,31)(H,26,27,28). The number of aryl methyl sites for hydroxylation is 2. The largest absolute Gasteiger partial charge is 0.478 e. The zero-order valence-electron chi connectivity index (χ0n) is 18.2. The van der Waals surface area contributed by atoms with E-state index in [-0.39, 0.29) is 0 Å². The van der Waals surface area contributed by atoms with Gasteiger partial charge in [-0.05, 0) is 60.4 Å². The molecule has 0 amide bonds. The van der Waals surface area contributed by atoms with Crippen LogP contribution in [0, 0.1) is 13.8 Å². The maximum absolute atomic E-state index is 10.9. The Morgan fingerprint density at radius 3 is 2.59 bits per heavy atom. The predicted molar refractivity (Wildman–Crippen MR) is 126 cm³/mol. The van der Waals surface area contributed by atoms with Crippen molar-refractivity contribution >= 4 is 29.5 Å². The first-order chi connectivity index (χ1) is 15.5. The number of nitrogens with zero attached hydrogens (tertiary/aromatic N) is 3. The minimum absolute atomic E-state index is 0.530. The molecule has 2 N–H and O–H groups in total. The van der Waals surface area contributed by atoms with Crippen LogP contribution in [0.4, 0.5) is 17.5 Å². The fraction of sp³-hybridized carbons (Fsp3) is 0.240. The number of hydrogen-bond acceptors (Lipinski definition) is 6. The topological polar surface area (TPSA) is 87.6 Å². The van der Waals surface area contributed by atoms with Crippen molar-refractivity contribution in [2.45, 2.75) is 13.8 Å². The Morgan fingerprint density at radius 1 is 1.12 bits per heavy atom.